The van der Waals surface area contributed by atoms with Crippen molar-refractivity contribution in [3.63, 3.8) is 0 Å². The molecule has 2 aromatic carbocycles. The maximum Gasteiger partial charge on any atom is 0.157 e. The largest absolute Gasteiger partial charge is 0.353 e. The molecule has 0 amide bonds. The summed E-state index contributed by atoms with van der Waals surface area (Å²) in [5, 5.41) is 0. The van der Waals surface area contributed by atoms with Crippen LogP contribution in [0.15, 0.2) is 48.5 Å². The molecule has 1 aliphatic carbocycles. The number of rotatable bonds is 8. The Balaban J connectivity index is 1.25. The number of fused-ring (bicyclic) bond motifs is 1. The van der Waals surface area contributed by atoms with E-state index < -0.39 is 0 Å². The summed E-state index contributed by atoms with van der Waals surface area (Å²) in [6, 6.07) is 17.9. The molecule has 0 spiro atoms. The molecule has 0 aromatic heterocycles. The lowest BCUT2D eigenvalue weighted by Gasteiger charge is -2.22. The molecule has 0 saturated carbocycles. The summed E-state index contributed by atoms with van der Waals surface area (Å²) < 4.78 is 11.5. The molecule has 148 valence electrons. The lowest BCUT2D eigenvalue weighted by atomic mass is 9.87. The lowest BCUT2D eigenvalue weighted by molar-refractivity contribution is -0.162. The van der Waals surface area contributed by atoms with Crippen molar-refractivity contribution in [2.45, 2.75) is 64.1 Å². The van der Waals surface area contributed by atoms with Gasteiger partial charge in [-0.2, -0.15) is 0 Å². The van der Waals surface area contributed by atoms with Gasteiger partial charge in [0.1, 0.15) is 0 Å². The van der Waals surface area contributed by atoms with Crippen molar-refractivity contribution < 1.29 is 9.47 Å². The van der Waals surface area contributed by atoms with Crippen molar-refractivity contribution in [1.82, 2.24) is 0 Å². The van der Waals surface area contributed by atoms with Crippen LogP contribution in [0.25, 0.3) is 11.6 Å². The molecule has 2 aromatic rings. The number of aryl methyl sites for hydroxylation is 2. The number of unbranched alkanes of at least 4 members (excludes halogenated alkanes) is 2. The van der Waals surface area contributed by atoms with E-state index in [2.05, 4.69) is 54.6 Å². The van der Waals surface area contributed by atoms with Crippen LogP contribution < -0.4 is 0 Å². The molecule has 1 aliphatic heterocycles. The summed E-state index contributed by atoms with van der Waals surface area (Å²) in [4.78, 5) is 0. The summed E-state index contributed by atoms with van der Waals surface area (Å²) in [5.41, 5.74) is 7.19. The number of benzene rings is 2. The summed E-state index contributed by atoms with van der Waals surface area (Å²) in [5.74, 6) is 0. The fraction of sp³-hybridized carbons (Fsp3) is 0.462. The van der Waals surface area contributed by atoms with Gasteiger partial charge in [0.15, 0.2) is 6.29 Å². The first kappa shape index (κ1) is 19.4. The molecule has 2 heteroatoms. The van der Waals surface area contributed by atoms with E-state index in [1.165, 1.54) is 53.5 Å². The number of hydrogen-bond donors (Lipinski definition) is 0. The topological polar surface area (TPSA) is 18.5 Å². The highest BCUT2D eigenvalue weighted by Gasteiger charge is 2.14. The maximum atomic E-state index is 5.83. The van der Waals surface area contributed by atoms with Gasteiger partial charge in [0.25, 0.3) is 0 Å². The van der Waals surface area contributed by atoms with Crippen molar-refractivity contribution in [3.8, 4) is 0 Å². The van der Waals surface area contributed by atoms with Crippen LogP contribution >= 0.6 is 0 Å². The second kappa shape index (κ2) is 10.0. The van der Waals surface area contributed by atoms with Gasteiger partial charge < -0.3 is 9.47 Å². The third-order valence-corrected chi connectivity index (χ3v) is 5.90. The van der Waals surface area contributed by atoms with Gasteiger partial charge in [0, 0.05) is 13.2 Å². The van der Waals surface area contributed by atoms with Crippen molar-refractivity contribution in [1.29, 1.82) is 0 Å². The van der Waals surface area contributed by atoms with Crippen LogP contribution in [0.5, 0.6) is 0 Å². The monoisotopic (exact) mass is 376 g/mol. The molecule has 1 atom stereocenters. The predicted molar refractivity (Wildman–Crippen MR) is 116 cm³/mol. The summed E-state index contributed by atoms with van der Waals surface area (Å²) in [7, 11) is 0. The fourth-order valence-corrected chi connectivity index (χ4v) is 4.24. The van der Waals surface area contributed by atoms with Crippen LogP contribution in [0, 0.1) is 0 Å². The molecule has 1 unspecified atom stereocenters. The highest BCUT2D eigenvalue weighted by Crippen LogP contribution is 2.31. The minimum atomic E-state index is 0.0555. The Morgan fingerprint density at radius 1 is 0.929 bits per heavy atom. The van der Waals surface area contributed by atoms with Gasteiger partial charge in [-0.1, -0.05) is 61.0 Å². The summed E-state index contributed by atoms with van der Waals surface area (Å²) >= 11 is 0. The minimum absolute atomic E-state index is 0.0555. The Hall–Kier alpha value is -1.90. The number of allylic oxidation sites excluding steroid dienone is 1. The Morgan fingerprint density at radius 2 is 1.86 bits per heavy atom. The maximum absolute atomic E-state index is 5.83. The second-order valence-corrected chi connectivity index (χ2v) is 8.05. The summed E-state index contributed by atoms with van der Waals surface area (Å²) in [6.07, 6.45) is 13.0. The molecule has 1 fully saturated rings. The zero-order chi connectivity index (χ0) is 19.0. The van der Waals surface area contributed by atoms with E-state index in [1.807, 2.05) is 0 Å². The normalized spacial score (nSPS) is 19.1. The van der Waals surface area contributed by atoms with Crippen LogP contribution in [0.1, 0.15) is 67.2 Å². The molecular weight excluding hydrogens is 344 g/mol. The Bertz CT molecular complexity index is 772. The smallest absolute Gasteiger partial charge is 0.157 e. The molecule has 4 rings (SSSR count). The lowest BCUT2D eigenvalue weighted by Crippen LogP contribution is -2.22. The predicted octanol–water partition coefficient (Wildman–Crippen LogP) is 6.43. The van der Waals surface area contributed by atoms with E-state index in [1.54, 1.807) is 0 Å². The van der Waals surface area contributed by atoms with E-state index >= 15 is 0 Å². The van der Waals surface area contributed by atoms with Gasteiger partial charge in [-0.15, -0.1) is 0 Å². The fourth-order valence-electron chi connectivity index (χ4n) is 4.24. The van der Waals surface area contributed by atoms with Gasteiger partial charge >= 0.3 is 0 Å². The zero-order valence-electron chi connectivity index (χ0n) is 16.9. The van der Waals surface area contributed by atoms with Crippen LogP contribution in [0.4, 0.5) is 0 Å². The SMILES string of the molecule is C1=C(c2ccccc2)CCc2ccc(CCCCCOC3CCCCO3)cc21. The van der Waals surface area contributed by atoms with Gasteiger partial charge in [0.05, 0.1) is 0 Å². The molecule has 0 bridgehead atoms. The van der Waals surface area contributed by atoms with E-state index in [-0.39, 0.29) is 6.29 Å². The average Bonchev–Trinajstić information content (AvgIpc) is 2.77. The Morgan fingerprint density at radius 3 is 2.71 bits per heavy atom. The molecule has 2 nitrogen and oxygen atoms in total. The quantitative estimate of drug-likeness (QED) is 0.494. The standard InChI is InChI=1S/C26H32O2/c1-4-10-22(11-5-1)24-16-15-23-14-13-21(19-25(23)20-24)9-3-2-7-17-27-26-12-6-8-18-28-26/h1,4-5,10-11,13-14,19-20,26H,2-3,6-9,12,15-18H2. The van der Waals surface area contributed by atoms with Crippen molar-refractivity contribution in [3.05, 3.63) is 70.8 Å². The van der Waals surface area contributed by atoms with E-state index in [0.717, 1.165) is 45.3 Å². The number of hydrogen-bond acceptors (Lipinski definition) is 2. The van der Waals surface area contributed by atoms with Crippen LogP contribution in [0.2, 0.25) is 0 Å². The van der Waals surface area contributed by atoms with Gasteiger partial charge in [-0.3, -0.25) is 0 Å². The molecule has 28 heavy (non-hydrogen) atoms. The second-order valence-electron chi connectivity index (χ2n) is 8.05. The third kappa shape index (κ3) is 5.33. The van der Waals surface area contributed by atoms with E-state index in [9.17, 15) is 0 Å². The molecule has 0 N–H and O–H groups in total. The minimum Gasteiger partial charge on any atom is -0.353 e. The van der Waals surface area contributed by atoms with Crippen molar-refractivity contribution in [2.24, 2.45) is 0 Å². The van der Waals surface area contributed by atoms with Gasteiger partial charge in [-0.05, 0) is 79.2 Å². The molecule has 0 radical (unpaired) electrons. The summed E-state index contributed by atoms with van der Waals surface area (Å²) in [6.45, 7) is 1.70. The van der Waals surface area contributed by atoms with Crippen LogP contribution in [0.3, 0.4) is 0 Å². The Kier molecular flexibility index (Phi) is 6.96. The molecular formula is C26H32O2. The molecule has 1 heterocycles. The van der Waals surface area contributed by atoms with Gasteiger partial charge in [-0.25, -0.2) is 0 Å². The van der Waals surface area contributed by atoms with Crippen LogP contribution in [-0.4, -0.2) is 19.5 Å². The molecule has 2 aliphatic rings. The van der Waals surface area contributed by atoms with E-state index in [0.29, 0.717) is 0 Å². The first-order valence-corrected chi connectivity index (χ1v) is 11.0. The Labute approximate surface area is 169 Å². The first-order valence-electron chi connectivity index (χ1n) is 11.0. The van der Waals surface area contributed by atoms with Crippen molar-refractivity contribution in [2.75, 3.05) is 13.2 Å². The average molecular weight is 377 g/mol. The van der Waals surface area contributed by atoms with Gasteiger partial charge in [0.2, 0.25) is 0 Å². The third-order valence-electron chi connectivity index (χ3n) is 5.90. The van der Waals surface area contributed by atoms with Crippen molar-refractivity contribution >= 4 is 11.6 Å². The molecule has 1 saturated heterocycles. The van der Waals surface area contributed by atoms with Crippen LogP contribution in [-0.2, 0) is 22.3 Å². The first-order chi connectivity index (χ1) is 13.9. The highest BCUT2D eigenvalue weighted by molar-refractivity contribution is 5.84. The number of ether oxygens (including phenoxy) is 2. The van der Waals surface area contributed by atoms with E-state index in [4.69, 9.17) is 9.47 Å². The highest BCUT2D eigenvalue weighted by atomic mass is 16.7. The zero-order valence-corrected chi connectivity index (χ0v) is 16.9.